The Morgan fingerprint density at radius 1 is 1.29 bits per heavy atom. The Morgan fingerprint density at radius 2 is 1.90 bits per heavy atom. The van der Waals surface area contributed by atoms with E-state index in [4.69, 9.17) is 0 Å². The first-order chi connectivity index (χ1) is 9.56. The van der Waals surface area contributed by atoms with Gasteiger partial charge in [-0.05, 0) is 72.9 Å². The van der Waals surface area contributed by atoms with Crippen LogP contribution in [0, 0.1) is 10.5 Å². The number of hydrogen-bond donors (Lipinski definition) is 1. The van der Waals surface area contributed by atoms with Crippen molar-refractivity contribution >= 4 is 40.9 Å². The van der Waals surface area contributed by atoms with E-state index >= 15 is 0 Å². The Balaban J connectivity index is 0.00000161. The molecule has 0 aromatic heterocycles. The van der Waals surface area contributed by atoms with Crippen LogP contribution in [0.1, 0.15) is 41.6 Å². The average molecular weight is 421 g/mol. The molecular formula is C16H22ClIN2O. The van der Waals surface area contributed by atoms with Gasteiger partial charge in [-0.3, -0.25) is 4.79 Å². The first-order valence-electron chi connectivity index (χ1n) is 7.34. The molecule has 2 heterocycles. The van der Waals surface area contributed by atoms with Gasteiger partial charge in [-0.2, -0.15) is 0 Å². The number of rotatable bonds is 2. The minimum atomic E-state index is 0. The van der Waals surface area contributed by atoms with Gasteiger partial charge in [0.25, 0.3) is 5.91 Å². The van der Waals surface area contributed by atoms with Crippen molar-refractivity contribution in [3.8, 4) is 0 Å². The van der Waals surface area contributed by atoms with Crippen LogP contribution in [0.15, 0.2) is 18.2 Å². The number of halogens is 2. The number of fused-ring (bicyclic) bond motifs is 2. The van der Waals surface area contributed by atoms with Gasteiger partial charge in [-0.15, -0.1) is 12.4 Å². The van der Waals surface area contributed by atoms with Crippen molar-refractivity contribution in [2.45, 2.75) is 50.7 Å². The van der Waals surface area contributed by atoms with Crippen molar-refractivity contribution in [3.05, 3.63) is 32.9 Å². The fraction of sp³-hybridized carbons (Fsp3) is 0.562. The van der Waals surface area contributed by atoms with E-state index < -0.39 is 0 Å². The van der Waals surface area contributed by atoms with Gasteiger partial charge in [0, 0.05) is 34.3 Å². The molecule has 1 N–H and O–H groups in total. The molecule has 3 nitrogen and oxygen atoms in total. The van der Waals surface area contributed by atoms with Crippen LogP contribution >= 0.6 is 35.0 Å². The predicted octanol–water partition coefficient (Wildman–Crippen LogP) is 3.38. The quantitative estimate of drug-likeness (QED) is 0.744. The molecule has 2 fully saturated rings. The molecular weight excluding hydrogens is 399 g/mol. The lowest BCUT2D eigenvalue weighted by Gasteiger charge is -2.35. The molecule has 0 spiro atoms. The number of benzene rings is 1. The molecule has 2 unspecified atom stereocenters. The molecule has 5 heteroatoms. The first kappa shape index (κ1) is 17.0. The summed E-state index contributed by atoms with van der Waals surface area (Å²) in [5.41, 5.74) is 1.95. The van der Waals surface area contributed by atoms with E-state index in [1.807, 2.05) is 31.0 Å². The van der Waals surface area contributed by atoms with Crippen molar-refractivity contribution in [2.75, 3.05) is 7.05 Å². The lowest BCUT2D eigenvalue weighted by molar-refractivity contribution is 0.0681. The molecule has 3 rings (SSSR count). The number of carbonyl (C=O) groups is 1. The van der Waals surface area contributed by atoms with Crippen LogP contribution in [0.4, 0.5) is 0 Å². The van der Waals surface area contributed by atoms with E-state index in [9.17, 15) is 4.79 Å². The van der Waals surface area contributed by atoms with E-state index in [-0.39, 0.29) is 18.3 Å². The Morgan fingerprint density at radius 3 is 2.52 bits per heavy atom. The van der Waals surface area contributed by atoms with Gasteiger partial charge >= 0.3 is 0 Å². The van der Waals surface area contributed by atoms with Crippen LogP contribution in [0.2, 0.25) is 0 Å². The SMILES string of the molecule is Cc1c(I)cccc1C(=O)N(C)C1CC2CCC(C1)N2.Cl. The summed E-state index contributed by atoms with van der Waals surface area (Å²) in [6, 6.07) is 7.60. The molecule has 0 radical (unpaired) electrons. The van der Waals surface area contributed by atoms with Crippen molar-refractivity contribution in [1.82, 2.24) is 10.2 Å². The minimum Gasteiger partial charge on any atom is -0.339 e. The van der Waals surface area contributed by atoms with Gasteiger partial charge in [0.15, 0.2) is 0 Å². The molecule has 2 aliphatic heterocycles. The molecule has 0 saturated carbocycles. The lowest BCUT2D eigenvalue weighted by atomic mass is 9.97. The zero-order valence-electron chi connectivity index (χ0n) is 12.4. The zero-order valence-corrected chi connectivity index (χ0v) is 15.4. The fourth-order valence-electron chi connectivity index (χ4n) is 3.54. The number of amides is 1. The van der Waals surface area contributed by atoms with E-state index in [1.165, 1.54) is 12.8 Å². The highest BCUT2D eigenvalue weighted by Crippen LogP contribution is 2.30. The smallest absolute Gasteiger partial charge is 0.254 e. The number of nitrogens with one attached hydrogen (secondary N) is 1. The average Bonchev–Trinajstić information content (AvgIpc) is 2.79. The lowest BCUT2D eigenvalue weighted by Crippen LogP contribution is -2.48. The molecule has 1 aromatic carbocycles. The highest BCUT2D eigenvalue weighted by molar-refractivity contribution is 14.1. The van der Waals surface area contributed by atoms with Gasteiger partial charge in [-0.1, -0.05) is 6.07 Å². The van der Waals surface area contributed by atoms with Gasteiger partial charge < -0.3 is 10.2 Å². The standard InChI is InChI=1S/C16H21IN2O.ClH/c1-10-14(4-3-5-15(10)17)16(20)19(2)13-8-11-6-7-12(9-13)18-11;/h3-5,11-13,18H,6-9H2,1-2H3;1H. The molecule has 2 saturated heterocycles. The fourth-order valence-corrected chi connectivity index (χ4v) is 4.04. The van der Waals surface area contributed by atoms with Crippen LogP contribution in [0.25, 0.3) is 0 Å². The predicted molar refractivity (Wildman–Crippen MR) is 96.2 cm³/mol. The maximum Gasteiger partial charge on any atom is 0.254 e. The number of nitrogens with zero attached hydrogens (tertiary/aromatic N) is 1. The van der Waals surface area contributed by atoms with Crippen LogP contribution < -0.4 is 5.32 Å². The number of piperidine rings is 1. The van der Waals surface area contributed by atoms with Gasteiger partial charge in [0.2, 0.25) is 0 Å². The number of carbonyl (C=O) groups excluding carboxylic acids is 1. The Hall–Kier alpha value is -0.330. The Bertz CT molecular complexity index is 525. The second kappa shape index (κ2) is 6.84. The second-order valence-corrected chi connectivity index (χ2v) is 7.25. The molecule has 2 atom stereocenters. The largest absolute Gasteiger partial charge is 0.339 e. The summed E-state index contributed by atoms with van der Waals surface area (Å²) in [6.45, 7) is 2.04. The summed E-state index contributed by atoms with van der Waals surface area (Å²) in [7, 11) is 1.97. The summed E-state index contributed by atoms with van der Waals surface area (Å²) in [6.07, 6.45) is 4.74. The first-order valence-corrected chi connectivity index (χ1v) is 8.42. The molecule has 0 aliphatic carbocycles. The van der Waals surface area contributed by atoms with Gasteiger partial charge in [0.05, 0.1) is 0 Å². The molecule has 2 bridgehead atoms. The van der Waals surface area contributed by atoms with Crippen LogP contribution in [-0.2, 0) is 0 Å². The normalized spacial score (nSPS) is 27.1. The Kier molecular flexibility index (Phi) is 5.54. The third-order valence-corrected chi connectivity index (χ3v) is 5.98. The topological polar surface area (TPSA) is 32.3 Å². The molecule has 2 aliphatic rings. The minimum absolute atomic E-state index is 0. The van der Waals surface area contributed by atoms with Crippen LogP contribution in [0.3, 0.4) is 0 Å². The van der Waals surface area contributed by atoms with E-state index in [0.29, 0.717) is 18.1 Å². The summed E-state index contributed by atoms with van der Waals surface area (Å²) in [4.78, 5) is 14.7. The third-order valence-electron chi connectivity index (χ3n) is 4.81. The van der Waals surface area contributed by atoms with Crippen molar-refractivity contribution in [2.24, 2.45) is 0 Å². The third kappa shape index (κ3) is 3.37. The monoisotopic (exact) mass is 420 g/mol. The number of hydrogen-bond acceptors (Lipinski definition) is 2. The van der Waals surface area contributed by atoms with E-state index in [2.05, 4.69) is 34.0 Å². The van der Waals surface area contributed by atoms with Crippen LogP contribution in [0.5, 0.6) is 0 Å². The highest BCUT2D eigenvalue weighted by atomic mass is 127. The van der Waals surface area contributed by atoms with Crippen molar-refractivity contribution in [3.63, 3.8) is 0 Å². The van der Waals surface area contributed by atoms with E-state index in [1.54, 1.807) is 0 Å². The maximum atomic E-state index is 12.8. The maximum absolute atomic E-state index is 12.8. The summed E-state index contributed by atoms with van der Waals surface area (Å²) >= 11 is 2.30. The van der Waals surface area contributed by atoms with Crippen LogP contribution in [-0.4, -0.2) is 36.0 Å². The summed E-state index contributed by atoms with van der Waals surface area (Å²) in [5, 5.41) is 3.64. The zero-order chi connectivity index (χ0) is 14.3. The molecule has 116 valence electrons. The van der Waals surface area contributed by atoms with Gasteiger partial charge in [-0.25, -0.2) is 0 Å². The summed E-state index contributed by atoms with van der Waals surface area (Å²) < 4.78 is 1.16. The van der Waals surface area contributed by atoms with Gasteiger partial charge in [0.1, 0.15) is 0 Å². The molecule has 21 heavy (non-hydrogen) atoms. The van der Waals surface area contributed by atoms with E-state index in [0.717, 1.165) is 27.5 Å². The van der Waals surface area contributed by atoms with Crippen molar-refractivity contribution in [1.29, 1.82) is 0 Å². The molecule has 1 amide bonds. The Labute approximate surface area is 146 Å². The highest BCUT2D eigenvalue weighted by Gasteiger charge is 2.36. The van der Waals surface area contributed by atoms with Crippen molar-refractivity contribution < 1.29 is 4.79 Å². The second-order valence-electron chi connectivity index (χ2n) is 6.09. The molecule has 1 aromatic rings. The summed E-state index contributed by atoms with van der Waals surface area (Å²) in [5.74, 6) is 0.173.